The highest BCUT2D eigenvalue weighted by Gasteiger charge is 2.17. The average Bonchev–Trinajstić information content (AvgIpc) is 3.47. The molecule has 0 aliphatic heterocycles. The van der Waals surface area contributed by atoms with Gasteiger partial charge in [-0.15, -0.1) is 5.10 Å². The molecule has 176 valence electrons. The maximum atomic E-state index is 13.1. The van der Waals surface area contributed by atoms with Crippen LogP contribution < -0.4 is 14.8 Å². The van der Waals surface area contributed by atoms with Crippen LogP contribution in [0.15, 0.2) is 95.8 Å². The first-order chi connectivity index (χ1) is 17.6. The Morgan fingerprint density at radius 1 is 0.889 bits per heavy atom. The second-order valence-electron chi connectivity index (χ2n) is 8.76. The molecule has 0 N–H and O–H groups in total. The lowest BCUT2D eigenvalue weighted by Crippen LogP contribution is -2.24. The van der Waals surface area contributed by atoms with Gasteiger partial charge in [-0.3, -0.25) is 4.79 Å². The van der Waals surface area contributed by atoms with Crippen LogP contribution in [-0.4, -0.2) is 21.7 Å². The Kier molecular flexibility index (Phi) is 5.58. The molecule has 2 aromatic heterocycles. The van der Waals surface area contributed by atoms with Crippen LogP contribution in [0, 0.1) is 0 Å². The van der Waals surface area contributed by atoms with Crippen molar-refractivity contribution < 1.29 is 4.74 Å². The van der Waals surface area contributed by atoms with Crippen LogP contribution in [0.5, 0.6) is 5.75 Å². The van der Waals surface area contributed by atoms with Gasteiger partial charge in [0.2, 0.25) is 4.96 Å². The smallest absolute Gasteiger partial charge is 0.291 e. The fourth-order valence-corrected chi connectivity index (χ4v) is 5.29. The van der Waals surface area contributed by atoms with Crippen LogP contribution in [-0.2, 0) is 0 Å². The van der Waals surface area contributed by atoms with Crippen LogP contribution in [0.3, 0.4) is 0 Å². The van der Waals surface area contributed by atoms with Gasteiger partial charge < -0.3 is 4.74 Å². The highest BCUT2D eigenvalue weighted by atomic mass is 32.1. The van der Waals surface area contributed by atoms with Gasteiger partial charge in [0.1, 0.15) is 5.75 Å². The van der Waals surface area contributed by atoms with E-state index < -0.39 is 0 Å². The maximum Gasteiger partial charge on any atom is 0.291 e. The predicted octanol–water partition coefficient (Wildman–Crippen LogP) is 5.68. The number of fused-ring (bicyclic) bond motifs is 2. The van der Waals surface area contributed by atoms with Crippen molar-refractivity contribution in [3.63, 3.8) is 0 Å². The Morgan fingerprint density at radius 2 is 1.61 bits per heavy atom. The van der Waals surface area contributed by atoms with E-state index in [1.165, 1.54) is 21.4 Å². The Hall–Kier alpha value is -4.29. The van der Waals surface area contributed by atoms with E-state index in [9.17, 15) is 4.79 Å². The van der Waals surface area contributed by atoms with Gasteiger partial charge in [-0.05, 0) is 51.2 Å². The third-order valence-corrected chi connectivity index (χ3v) is 7.43. The van der Waals surface area contributed by atoms with Crippen LogP contribution in [0.1, 0.15) is 29.8 Å². The fourth-order valence-electron chi connectivity index (χ4n) is 4.37. The second-order valence-corrected chi connectivity index (χ2v) is 9.77. The Balaban J connectivity index is 1.29. The summed E-state index contributed by atoms with van der Waals surface area (Å²) in [5.41, 5.74) is 4.24. The molecule has 0 radical (unpaired) electrons. The second kappa shape index (κ2) is 9.06. The minimum atomic E-state index is -0.140. The Labute approximate surface area is 211 Å². The van der Waals surface area contributed by atoms with Crippen LogP contribution in [0.25, 0.3) is 32.9 Å². The fraction of sp³-hybridized carbons (Fsp3) is 0.100. The molecule has 36 heavy (non-hydrogen) atoms. The average molecular weight is 490 g/mol. The molecule has 0 saturated heterocycles. The van der Waals surface area contributed by atoms with E-state index in [0.29, 0.717) is 15.3 Å². The zero-order valence-corrected chi connectivity index (χ0v) is 20.7. The molecule has 0 saturated carbocycles. The van der Waals surface area contributed by atoms with Gasteiger partial charge >= 0.3 is 0 Å². The largest absolute Gasteiger partial charge is 0.497 e. The number of hydrogen-bond acceptors (Lipinski definition) is 5. The molecule has 2 heterocycles. The van der Waals surface area contributed by atoms with E-state index in [4.69, 9.17) is 9.72 Å². The monoisotopic (exact) mass is 489 g/mol. The zero-order valence-electron chi connectivity index (χ0n) is 19.9. The number of rotatable bonds is 5. The Bertz CT molecular complexity index is 1810. The highest BCUT2D eigenvalue weighted by molar-refractivity contribution is 7.15. The summed E-state index contributed by atoms with van der Waals surface area (Å²) in [6.45, 7) is 2.07. The van der Waals surface area contributed by atoms with Gasteiger partial charge in [0.25, 0.3) is 5.56 Å². The molecule has 4 aromatic carbocycles. The summed E-state index contributed by atoms with van der Waals surface area (Å²) < 4.78 is 7.37. The molecule has 0 aliphatic rings. The number of ether oxygens (including phenoxy) is 1. The lowest BCUT2D eigenvalue weighted by Gasteiger charge is -2.10. The number of methoxy groups -OCH3 is 1. The van der Waals surface area contributed by atoms with E-state index in [-0.39, 0.29) is 11.5 Å². The lowest BCUT2D eigenvalue weighted by molar-refractivity contribution is 0.415. The normalized spacial score (nSPS) is 12.9. The standard InChI is InChI=1S/C30H23N3O2S/c1-19(23-12-13-25-18-26(35-2)15-14-24(25)17-23)28-31-30-33(32-28)29(34)27(36-30)16-20-8-10-22(11-9-20)21-6-4-3-5-7-21/h3-19H,1-2H3/b27-16-. The van der Waals surface area contributed by atoms with Crippen molar-refractivity contribution in [3.05, 3.63) is 123 Å². The van der Waals surface area contributed by atoms with E-state index >= 15 is 0 Å². The summed E-state index contributed by atoms with van der Waals surface area (Å²) in [6.07, 6.45) is 1.90. The molecule has 0 bridgehead atoms. The number of aromatic nitrogens is 3. The molecule has 5 nitrogen and oxygen atoms in total. The van der Waals surface area contributed by atoms with Crippen molar-refractivity contribution in [3.8, 4) is 16.9 Å². The van der Waals surface area contributed by atoms with E-state index in [2.05, 4.69) is 54.5 Å². The van der Waals surface area contributed by atoms with Crippen molar-refractivity contribution in [1.29, 1.82) is 0 Å². The third-order valence-electron chi connectivity index (χ3n) is 6.47. The first-order valence-electron chi connectivity index (χ1n) is 11.7. The zero-order chi connectivity index (χ0) is 24.6. The molecule has 6 rings (SSSR count). The van der Waals surface area contributed by atoms with Crippen molar-refractivity contribution in [2.75, 3.05) is 7.11 Å². The number of hydrogen-bond donors (Lipinski definition) is 0. The molecule has 6 aromatic rings. The topological polar surface area (TPSA) is 56.5 Å². The van der Waals surface area contributed by atoms with Crippen molar-refractivity contribution in [1.82, 2.24) is 14.6 Å². The van der Waals surface area contributed by atoms with Gasteiger partial charge in [0.05, 0.1) is 11.6 Å². The minimum absolute atomic E-state index is 0.0408. The predicted molar refractivity (Wildman–Crippen MR) is 146 cm³/mol. The maximum absolute atomic E-state index is 13.1. The molecular formula is C30H23N3O2S. The molecule has 1 unspecified atom stereocenters. The third kappa shape index (κ3) is 4.06. The molecule has 0 fully saturated rings. The summed E-state index contributed by atoms with van der Waals surface area (Å²) in [4.78, 5) is 18.4. The first kappa shape index (κ1) is 22.2. The summed E-state index contributed by atoms with van der Waals surface area (Å²) in [5.74, 6) is 1.44. The summed E-state index contributed by atoms with van der Waals surface area (Å²) in [6, 6.07) is 30.8. The van der Waals surface area contributed by atoms with Gasteiger partial charge in [-0.1, -0.05) is 97.1 Å². The van der Waals surface area contributed by atoms with Crippen molar-refractivity contribution >= 4 is 33.1 Å². The summed E-state index contributed by atoms with van der Waals surface area (Å²) in [7, 11) is 1.67. The molecular weight excluding hydrogens is 466 g/mol. The molecule has 0 aliphatic carbocycles. The van der Waals surface area contributed by atoms with Gasteiger partial charge in [-0.25, -0.2) is 4.98 Å². The van der Waals surface area contributed by atoms with Crippen molar-refractivity contribution in [2.45, 2.75) is 12.8 Å². The van der Waals surface area contributed by atoms with Gasteiger partial charge in [0.15, 0.2) is 5.82 Å². The molecule has 6 heteroatoms. The van der Waals surface area contributed by atoms with E-state index in [1.807, 2.05) is 54.6 Å². The van der Waals surface area contributed by atoms with Crippen LogP contribution >= 0.6 is 11.3 Å². The lowest BCUT2D eigenvalue weighted by atomic mass is 9.97. The quantitative estimate of drug-likeness (QED) is 0.313. The first-order valence-corrected chi connectivity index (χ1v) is 12.5. The number of benzene rings is 4. The van der Waals surface area contributed by atoms with Gasteiger partial charge in [0, 0.05) is 5.92 Å². The summed E-state index contributed by atoms with van der Waals surface area (Å²) in [5, 5.41) is 6.82. The van der Waals surface area contributed by atoms with Crippen LogP contribution in [0.2, 0.25) is 0 Å². The summed E-state index contributed by atoms with van der Waals surface area (Å²) >= 11 is 1.37. The highest BCUT2D eigenvalue weighted by Crippen LogP contribution is 2.28. The molecule has 0 spiro atoms. The SMILES string of the molecule is COc1ccc2cc(C(C)c3nc4s/c(=C\c5ccc(-c6ccccc6)cc5)c(=O)n4n3)ccc2c1. The minimum Gasteiger partial charge on any atom is -0.497 e. The van der Waals surface area contributed by atoms with Crippen molar-refractivity contribution in [2.24, 2.45) is 0 Å². The van der Waals surface area contributed by atoms with Gasteiger partial charge in [-0.2, -0.15) is 4.52 Å². The van der Waals surface area contributed by atoms with E-state index in [0.717, 1.165) is 33.2 Å². The van der Waals surface area contributed by atoms with E-state index in [1.54, 1.807) is 7.11 Å². The number of thiazole rings is 1. The Morgan fingerprint density at radius 3 is 2.36 bits per heavy atom. The molecule has 0 amide bonds. The van der Waals surface area contributed by atoms with Crippen LogP contribution in [0.4, 0.5) is 0 Å². The number of nitrogens with zero attached hydrogens (tertiary/aromatic N) is 3. The molecule has 1 atom stereocenters.